The molecule has 0 aliphatic heterocycles. The van der Waals surface area contributed by atoms with Crippen LogP contribution in [0.1, 0.15) is 44.7 Å². The summed E-state index contributed by atoms with van der Waals surface area (Å²) in [6.45, 7) is 5.95. The highest BCUT2D eigenvalue weighted by atomic mass is 35.5. The number of hydrogen-bond donors (Lipinski definition) is 1. The van der Waals surface area contributed by atoms with Gasteiger partial charge in [-0.15, -0.1) is 0 Å². The normalized spacial score (nSPS) is 13.0. The first-order chi connectivity index (χ1) is 8.43. The number of rotatable bonds is 5. The number of methoxy groups -OCH3 is 1. The highest BCUT2D eigenvalue weighted by molar-refractivity contribution is 6.30. The fraction of sp³-hybridized carbons (Fsp3) is 0.667. The number of H-pyrrole nitrogens is 1. The highest BCUT2D eigenvalue weighted by Gasteiger charge is 2.20. The second-order valence-corrected chi connectivity index (χ2v) is 4.88. The molecular weight excluding hydrogens is 256 g/mol. The molecular formula is C12H19ClN2O3. The van der Waals surface area contributed by atoms with Crippen LogP contribution in [0.2, 0.25) is 5.15 Å². The number of halogens is 1. The van der Waals surface area contributed by atoms with E-state index in [0.29, 0.717) is 18.6 Å². The largest absolute Gasteiger partial charge is 0.383 e. The summed E-state index contributed by atoms with van der Waals surface area (Å²) in [4.78, 5) is 26.7. The Balaban J connectivity index is 3.49. The standard InChI is InChI=1S/C12H19ClN2O3/c1-5-8(6-18-4)15-11(16)9(7(2)3)10(13)14-12(15)17/h7-8H,5-6H2,1-4H3,(H,14,17). The summed E-state index contributed by atoms with van der Waals surface area (Å²) in [5.41, 5.74) is -0.383. The maximum Gasteiger partial charge on any atom is 0.329 e. The maximum atomic E-state index is 12.3. The number of hydrogen-bond acceptors (Lipinski definition) is 3. The minimum Gasteiger partial charge on any atom is -0.383 e. The molecule has 0 fully saturated rings. The van der Waals surface area contributed by atoms with Crippen molar-refractivity contribution in [2.45, 2.75) is 39.2 Å². The van der Waals surface area contributed by atoms with Gasteiger partial charge in [0.05, 0.1) is 18.2 Å². The van der Waals surface area contributed by atoms with Crippen LogP contribution in [0, 0.1) is 0 Å². The average molecular weight is 275 g/mol. The van der Waals surface area contributed by atoms with Crippen LogP contribution in [0.5, 0.6) is 0 Å². The topological polar surface area (TPSA) is 64.1 Å². The fourth-order valence-corrected chi connectivity index (χ4v) is 2.32. The Morgan fingerprint density at radius 3 is 2.44 bits per heavy atom. The van der Waals surface area contributed by atoms with Crippen molar-refractivity contribution in [3.63, 3.8) is 0 Å². The predicted octanol–water partition coefficient (Wildman–Crippen LogP) is 1.91. The minimum atomic E-state index is -0.488. The van der Waals surface area contributed by atoms with E-state index < -0.39 is 5.69 Å². The van der Waals surface area contributed by atoms with Gasteiger partial charge in [0.1, 0.15) is 5.15 Å². The summed E-state index contributed by atoms with van der Waals surface area (Å²) in [6.07, 6.45) is 0.635. The van der Waals surface area contributed by atoms with Gasteiger partial charge in [0.25, 0.3) is 5.56 Å². The van der Waals surface area contributed by atoms with Crippen LogP contribution in [0.25, 0.3) is 0 Å². The van der Waals surface area contributed by atoms with Gasteiger partial charge in [-0.2, -0.15) is 0 Å². The van der Waals surface area contributed by atoms with E-state index in [-0.39, 0.29) is 22.7 Å². The van der Waals surface area contributed by atoms with Crippen LogP contribution in [-0.2, 0) is 4.74 Å². The van der Waals surface area contributed by atoms with Gasteiger partial charge in [-0.1, -0.05) is 32.4 Å². The average Bonchev–Trinajstić information content (AvgIpc) is 2.26. The van der Waals surface area contributed by atoms with Crippen molar-refractivity contribution in [1.29, 1.82) is 0 Å². The van der Waals surface area contributed by atoms with Crippen molar-refractivity contribution in [3.05, 3.63) is 31.6 Å². The van der Waals surface area contributed by atoms with Crippen LogP contribution in [0.3, 0.4) is 0 Å². The van der Waals surface area contributed by atoms with Crippen LogP contribution >= 0.6 is 11.6 Å². The van der Waals surface area contributed by atoms with E-state index in [1.54, 1.807) is 7.11 Å². The molecule has 0 aliphatic carbocycles. The molecule has 5 nitrogen and oxygen atoms in total. The number of aromatic nitrogens is 2. The zero-order valence-electron chi connectivity index (χ0n) is 11.1. The van der Waals surface area contributed by atoms with E-state index in [4.69, 9.17) is 16.3 Å². The van der Waals surface area contributed by atoms with Crippen molar-refractivity contribution in [2.24, 2.45) is 0 Å². The molecule has 1 aromatic rings. The first kappa shape index (κ1) is 15.0. The molecule has 0 saturated carbocycles. The monoisotopic (exact) mass is 274 g/mol. The lowest BCUT2D eigenvalue weighted by Crippen LogP contribution is -2.41. The van der Waals surface area contributed by atoms with E-state index in [0.717, 1.165) is 0 Å². The van der Waals surface area contributed by atoms with Gasteiger partial charge in [-0.3, -0.25) is 14.3 Å². The van der Waals surface area contributed by atoms with E-state index in [1.165, 1.54) is 4.57 Å². The fourth-order valence-electron chi connectivity index (χ4n) is 1.94. The molecule has 1 aromatic heterocycles. The first-order valence-electron chi connectivity index (χ1n) is 5.97. The molecule has 0 aromatic carbocycles. The predicted molar refractivity (Wildman–Crippen MR) is 71.6 cm³/mol. The van der Waals surface area contributed by atoms with Crippen molar-refractivity contribution in [3.8, 4) is 0 Å². The van der Waals surface area contributed by atoms with Crippen LogP contribution in [-0.4, -0.2) is 23.3 Å². The Bertz CT molecular complexity index is 519. The summed E-state index contributed by atoms with van der Waals surface area (Å²) in [6, 6.07) is -0.277. The molecule has 1 rings (SSSR count). The van der Waals surface area contributed by atoms with E-state index in [1.807, 2.05) is 20.8 Å². The molecule has 1 N–H and O–H groups in total. The molecule has 0 radical (unpaired) electrons. The van der Waals surface area contributed by atoms with Crippen molar-refractivity contribution < 1.29 is 4.74 Å². The van der Waals surface area contributed by atoms with E-state index in [2.05, 4.69) is 4.98 Å². The van der Waals surface area contributed by atoms with Gasteiger partial charge in [0.15, 0.2) is 0 Å². The number of nitrogens with one attached hydrogen (secondary N) is 1. The summed E-state index contributed by atoms with van der Waals surface area (Å²) in [5, 5.41) is 0.128. The third-order valence-electron chi connectivity index (χ3n) is 2.89. The Morgan fingerprint density at radius 1 is 1.39 bits per heavy atom. The maximum absolute atomic E-state index is 12.3. The molecule has 1 unspecified atom stereocenters. The second-order valence-electron chi connectivity index (χ2n) is 4.51. The third kappa shape index (κ3) is 2.84. The van der Waals surface area contributed by atoms with Gasteiger partial charge in [0, 0.05) is 7.11 Å². The molecule has 1 heterocycles. The zero-order valence-corrected chi connectivity index (χ0v) is 11.9. The highest BCUT2D eigenvalue weighted by Crippen LogP contribution is 2.17. The van der Waals surface area contributed by atoms with Crippen LogP contribution < -0.4 is 11.2 Å². The molecule has 0 saturated heterocycles. The molecule has 1 atom stereocenters. The van der Waals surface area contributed by atoms with E-state index in [9.17, 15) is 9.59 Å². The molecule has 0 aliphatic rings. The Kier molecular flexibility index (Phi) is 5.16. The summed E-state index contributed by atoms with van der Waals surface area (Å²) in [7, 11) is 1.54. The molecule has 0 spiro atoms. The Morgan fingerprint density at radius 2 is 2.00 bits per heavy atom. The van der Waals surface area contributed by atoms with Crippen molar-refractivity contribution >= 4 is 11.6 Å². The lowest BCUT2D eigenvalue weighted by atomic mass is 10.1. The summed E-state index contributed by atoms with van der Waals surface area (Å²) in [5.74, 6) is -0.0480. The van der Waals surface area contributed by atoms with Crippen LogP contribution in [0.15, 0.2) is 9.59 Å². The van der Waals surface area contributed by atoms with Gasteiger partial charge in [0.2, 0.25) is 0 Å². The third-order valence-corrected chi connectivity index (χ3v) is 3.19. The smallest absolute Gasteiger partial charge is 0.329 e. The van der Waals surface area contributed by atoms with Crippen molar-refractivity contribution in [2.75, 3.05) is 13.7 Å². The SMILES string of the molecule is CCC(COC)n1c(=O)[nH]c(Cl)c(C(C)C)c1=O. The minimum absolute atomic E-state index is 0.0480. The molecule has 102 valence electrons. The Labute approximate surface area is 111 Å². The Hall–Kier alpha value is -1.07. The molecule has 0 amide bonds. The lowest BCUT2D eigenvalue weighted by Gasteiger charge is -2.18. The second kappa shape index (κ2) is 6.20. The van der Waals surface area contributed by atoms with Gasteiger partial charge >= 0.3 is 5.69 Å². The van der Waals surface area contributed by atoms with Gasteiger partial charge < -0.3 is 4.74 Å². The molecule has 6 heteroatoms. The first-order valence-corrected chi connectivity index (χ1v) is 6.34. The lowest BCUT2D eigenvalue weighted by molar-refractivity contribution is 0.149. The number of ether oxygens (including phenoxy) is 1. The summed E-state index contributed by atoms with van der Waals surface area (Å²) < 4.78 is 6.24. The van der Waals surface area contributed by atoms with Crippen molar-refractivity contribution in [1.82, 2.24) is 9.55 Å². The summed E-state index contributed by atoms with van der Waals surface area (Å²) >= 11 is 5.93. The van der Waals surface area contributed by atoms with Gasteiger partial charge in [-0.25, -0.2) is 4.79 Å². The quantitative estimate of drug-likeness (QED) is 0.834. The van der Waals surface area contributed by atoms with E-state index >= 15 is 0 Å². The molecule has 0 bridgehead atoms. The number of nitrogens with zero attached hydrogens (tertiary/aromatic N) is 1. The van der Waals surface area contributed by atoms with Crippen LogP contribution in [0.4, 0.5) is 0 Å². The zero-order chi connectivity index (χ0) is 13.9. The molecule has 18 heavy (non-hydrogen) atoms. The van der Waals surface area contributed by atoms with Gasteiger partial charge in [-0.05, 0) is 12.3 Å². The number of aromatic amines is 1.